The highest BCUT2D eigenvalue weighted by atomic mass is 35.5. The van der Waals surface area contributed by atoms with Gasteiger partial charge in [0.2, 0.25) is 5.91 Å². The second-order valence-corrected chi connectivity index (χ2v) is 5.19. The molecule has 2 unspecified atom stereocenters. The van der Waals surface area contributed by atoms with Crippen molar-refractivity contribution in [3.05, 3.63) is 18.5 Å². The zero-order chi connectivity index (χ0) is 12.5. The molecule has 1 amide bonds. The number of nitrogens with two attached hydrogens (primary N) is 1. The van der Waals surface area contributed by atoms with Crippen LogP contribution in [0.15, 0.2) is 18.5 Å². The lowest BCUT2D eigenvalue weighted by atomic mass is 9.90. The highest BCUT2D eigenvalue weighted by molar-refractivity contribution is 5.85. The van der Waals surface area contributed by atoms with E-state index in [2.05, 4.69) is 12.0 Å². The summed E-state index contributed by atoms with van der Waals surface area (Å²) in [6.45, 7) is 6.21. The molecule has 1 aliphatic rings. The first kappa shape index (κ1) is 18.2. The largest absolute Gasteiger partial charge is 0.340 e. The minimum Gasteiger partial charge on any atom is -0.340 e. The predicted molar refractivity (Wildman–Crippen MR) is 79.8 cm³/mol. The summed E-state index contributed by atoms with van der Waals surface area (Å²) >= 11 is 0. The Balaban J connectivity index is 0.00000162. The van der Waals surface area contributed by atoms with E-state index in [-0.39, 0.29) is 42.2 Å². The lowest BCUT2D eigenvalue weighted by Crippen LogP contribution is -2.37. The number of carbonyl (C=O) groups is 1. The van der Waals surface area contributed by atoms with Gasteiger partial charge in [0.25, 0.3) is 0 Å². The highest BCUT2D eigenvalue weighted by Gasteiger charge is 2.36. The van der Waals surface area contributed by atoms with Gasteiger partial charge in [0, 0.05) is 25.5 Å². The summed E-state index contributed by atoms with van der Waals surface area (Å²) in [7, 11) is 0. The standard InChI is InChI=1S/C12H20N4O.2ClH/c1-10(16-6-3-5-14-16)11(17)15-7-4-12(2,8-13)9-15;;/h3,5-6,10H,4,7-9,13H2,1-2H3;2*1H. The van der Waals surface area contributed by atoms with Gasteiger partial charge in [-0.3, -0.25) is 9.48 Å². The first-order valence-electron chi connectivity index (χ1n) is 6.04. The second-order valence-electron chi connectivity index (χ2n) is 5.19. The highest BCUT2D eigenvalue weighted by Crippen LogP contribution is 2.29. The number of nitrogens with zero attached hydrogens (tertiary/aromatic N) is 3. The number of hydrogen-bond donors (Lipinski definition) is 1. The number of aromatic nitrogens is 2. The molecule has 0 aromatic carbocycles. The topological polar surface area (TPSA) is 64.2 Å². The van der Waals surface area contributed by atoms with Gasteiger partial charge in [-0.2, -0.15) is 5.10 Å². The Labute approximate surface area is 126 Å². The van der Waals surface area contributed by atoms with E-state index in [1.165, 1.54) is 0 Å². The third kappa shape index (κ3) is 3.84. The molecular formula is C12H22Cl2N4O. The average molecular weight is 309 g/mol. The number of hydrogen-bond acceptors (Lipinski definition) is 3. The lowest BCUT2D eigenvalue weighted by Gasteiger charge is -2.24. The molecule has 0 spiro atoms. The van der Waals surface area contributed by atoms with E-state index in [9.17, 15) is 4.79 Å². The quantitative estimate of drug-likeness (QED) is 0.920. The van der Waals surface area contributed by atoms with Gasteiger partial charge in [-0.15, -0.1) is 24.8 Å². The molecule has 2 rings (SSSR count). The molecule has 1 aliphatic heterocycles. The van der Waals surface area contributed by atoms with Crippen molar-refractivity contribution in [2.75, 3.05) is 19.6 Å². The number of carbonyl (C=O) groups excluding carboxylic acids is 1. The molecule has 19 heavy (non-hydrogen) atoms. The smallest absolute Gasteiger partial charge is 0.247 e. The SMILES string of the molecule is CC(C(=O)N1CCC(C)(CN)C1)n1cccn1.Cl.Cl. The molecule has 5 nitrogen and oxygen atoms in total. The summed E-state index contributed by atoms with van der Waals surface area (Å²) in [5.74, 6) is 0.130. The fraction of sp³-hybridized carbons (Fsp3) is 0.667. The third-order valence-corrected chi connectivity index (χ3v) is 3.64. The Kier molecular flexibility index (Phi) is 6.83. The van der Waals surface area contributed by atoms with Crippen LogP contribution in [0.5, 0.6) is 0 Å². The summed E-state index contributed by atoms with van der Waals surface area (Å²) in [4.78, 5) is 14.2. The lowest BCUT2D eigenvalue weighted by molar-refractivity contribution is -0.133. The molecule has 0 aliphatic carbocycles. The number of amides is 1. The first-order valence-corrected chi connectivity index (χ1v) is 6.04. The van der Waals surface area contributed by atoms with E-state index in [0.717, 1.165) is 19.5 Å². The maximum atomic E-state index is 12.3. The van der Waals surface area contributed by atoms with Crippen molar-refractivity contribution in [3.63, 3.8) is 0 Å². The molecule has 2 atom stereocenters. The fourth-order valence-corrected chi connectivity index (χ4v) is 2.27. The van der Waals surface area contributed by atoms with Crippen LogP contribution in [0.3, 0.4) is 0 Å². The van der Waals surface area contributed by atoms with Crippen LogP contribution >= 0.6 is 24.8 Å². The minimum absolute atomic E-state index is 0. The van der Waals surface area contributed by atoms with Gasteiger partial charge in [0.15, 0.2) is 0 Å². The van der Waals surface area contributed by atoms with Gasteiger partial charge >= 0.3 is 0 Å². The van der Waals surface area contributed by atoms with Crippen LogP contribution in [0.2, 0.25) is 0 Å². The van der Waals surface area contributed by atoms with Crippen molar-refractivity contribution in [2.45, 2.75) is 26.3 Å². The van der Waals surface area contributed by atoms with E-state index >= 15 is 0 Å². The molecule has 1 saturated heterocycles. The molecule has 0 saturated carbocycles. The van der Waals surface area contributed by atoms with Crippen LogP contribution < -0.4 is 5.73 Å². The van der Waals surface area contributed by atoms with Crippen molar-refractivity contribution in [2.24, 2.45) is 11.1 Å². The van der Waals surface area contributed by atoms with Gasteiger partial charge in [-0.1, -0.05) is 6.92 Å². The fourth-order valence-electron chi connectivity index (χ4n) is 2.27. The van der Waals surface area contributed by atoms with Gasteiger partial charge in [0.05, 0.1) is 0 Å². The summed E-state index contributed by atoms with van der Waals surface area (Å²) in [5, 5.41) is 4.11. The zero-order valence-corrected chi connectivity index (χ0v) is 12.9. The summed E-state index contributed by atoms with van der Waals surface area (Å²) in [6, 6.07) is 1.60. The van der Waals surface area contributed by atoms with Gasteiger partial charge in [-0.05, 0) is 31.4 Å². The molecule has 1 aromatic heterocycles. The molecule has 7 heteroatoms. The van der Waals surface area contributed by atoms with Crippen LogP contribution in [0.25, 0.3) is 0 Å². The van der Waals surface area contributed by atoms with Gasteiger partial charge in [0.1, 0.15) is 6.04 Å². The third-order valence-electron chi connectivity index (χ3n) is 3.64. The van der Waals surface area contributed by atoms with Crippen LogP contribution in [0.1, 0.15) is 26.3 Å². The summed E-state index contributed by atoms with van der Waals surface area (Å²) in [6.07, 6.45) is 4.50. The maximum absolute atomic E-state index is 12.3. The minimum atomic E-state index is -0.231. The molecule has 1 fully saturated rings. The monoisotopic (exact) mass is 308 g/mol. The van der Waals surface area contributed by atoms with Crippen molar-refractivity contribution < 1.29 is 4.79 Å². The summed E-state index contributed by atoms with van der Waals surface area (Å²) in [5.41, 5.74) is 5.83. The molecule has 110 valence electrons. The molecule has 1 aromatic rings. The first-order chi connectivity index (χ1) is 8.06. The Hall–Kier alpha value is -0.780. The Morgan fingerprint density at radius 3 is 2.68 bits per heavy atom. The Bertz CT molecular complexity index is 398. The van der Waals surface area contributed by atoms with Crippen molar-refractivity contribution in [1.29, 1.82) is 0 Å². The predicted octanol–water partition coefficient (Wildman–Crippen LogP) is 1.48. The molecular weight excluding hydrogens is 287 g/mol. The van der Waals surface area contributed by atoms with E-state index < -0.39 is 0 Å². The normalized spacial score (nSPS) is 23.4. The zero-order valence-electron chi connectivity index (χ0n) is 11.3. The van der Waals surface area contributed by atoms with Gasteiger partial charge < -0.3 is 10.6 Å². The second kappa shape index (κ2) is 7.12. The van der Waals surface area contributed by atoms with Crippen LogP contribution in [0.4, 0.5) is 0 Å². The Morgan fingerprint density at radius 1 is 1.53 bits per heavy atom. The van der Waals surface area contributed by atoms with Crippen LogP contribution in [-0.4, -0.2) is 40.2 Å². The van der Waals surface area contributed by atoms with E-state index in [4.69, 9.17) is 5.73 Å². The average Bonchev–Trinajstić information content (AvgIpc) is 2.97. The number of rotatable bonds is 3. The van der Waals surface area contributed by atoms with E-state index in [0.29, 0.717) is 6.54 Å². The van der Waals surface area contributed by atoms with Crippen molar-refractivity contribution in [3.8, 4) is 0 Å². The summed E-state index contributed by atoms with van der Waals surface area (Å²) < 4.78 is 1.69. The molecule has 2 N–H and O–H groups in total. The Morgan fingerprint density at radius 2 is 2.21 bits per heavy atom. The van der Waals surface area contributed by atoms with E-state index in [1.54, 1.807) is 10.9 Å². The van der Waals surface area contributed by atoms with Crippen LogP contribution in [0, 0.1) is 5.41 Å². The van der Waals surface area contributed by atoms with Gasteiger partial charge in [-0.25, -0.2) is 0 Å². The molecule has 0 bridgehead atoms. The van der Waals surface area contributed by atoms with E-state index in [1.807, 2.05) is 24.1 Å². The van der Waals surface area contributed by atoms with Crippen molar-refractivity contribution >= 4 is 30.7 Å². The van der Waals surface area contributed by atoms with Crippen molar-refractivity contribution in [1.82, 2.24) is 14.7 Å². The maximum Gasteiger partial charge on any atom is 0.247 e. The molecule has 2 heterocycles. The number of halogens is 2. The molecule has 0 radical (unpaired) electrons. The number of likely N-dealkylation sites (tertiary alicyclic amines) is 1. The van der Waals surface area contributed by atoms with Crippen LogP contribution in [-0.2, 0) is 4.79 Å².